The van der Waals surface area contributed by atoms with E-state index in [0.29, 0.717) is 30.0 Å². The number of methoxy groups -OCH3 is 1. The molecule has 0 radical (unpaired) electrons. The van der Waals surface area contributed by atoms with Gasteiger partial charge in [-0.05, 0) is 54.3 Å². The number of rotatable bonds is 8. The molecule has 0 saturated carbocycles. The topological polar surface area (TPSA) is 114 Å². The van der Waals surface area contributed by atoms with Gasteiger partial charge in [0.05, 0.1) is 12.0 Å². The summed E-state index contributed by atoms with van der Waals surface area (Å²) in [5.41, 5.74) is 2.64. The van der Waals surface area contributed by atoms with Gasteiger partial charge in [-0.15, -0.1) is 0 Å². The molecule has 9 heteroatoms. The molecule has 8 nitrogen and oxygen atoms in total. The van der Waals surface area contributed by atoms with Gasteiger partial charge >= 0.3 is 0 Å². The van der Waals surface area contributed by atoms with Crippen LogP contribution in [0.5, 0.6) is 5.75 Å². The fourth-order valence-corrected chi connectivity index (χ4v) is 5.00. The third-order valence-electron chi connectivity index (χ3n) is 5.52. The second kappa shape index (κ2) is 10.1. The highest BCUT2D eigenvalue weighted by Gasteiger charge is 2.27. The van der Waals surface area contributed by atoms with Crippen LogP contribution in [0.1, 0.15) is 17.5 Å². The van der Waals surface area contributed by atoms with Crippen molar-refractivity contribution in [3.63, 3.8) is 0 Å². The maximum absolute atomic E-state index is 13.2. The Balaban J connectivity index is 1.59. The van der Waals surface area contributed by atoms with E-state index >= 15 is 0 Å². The zero-order valence-corrected chi connectivity index (χ0v) is 19.4. The van der Waals surface area contributed by atoms with Crippen molar-refractivity contribution in [1.29, 1.82) is 0 Å². The van der Waals surface area contributed by atoms with Crippen LogP contribution in [-0.4, -0.2) is 33.4 Å². The predicted molar refractivity (Wildman–Crippen MR) is 129 cm³/mol. The van der Waals surface area contributed by atoms with E-state index < -0.39 is 22.0 Å². The molecule has 1 atom stereocenters. The average molecular weight is 480 g/mol. The van der Waals surface area contributed by atoms with Crippen molar-refractivity contribution in [3.8, 4) is 5.75 Å². The van der Waals surface area contributed by atoms with Gasteiger partial charge in [0.2, 0.25) is 21.8 Å². The van der Waals surface area contributed by atoms with Crippen LogP contribution in [0, 0.1) is 0 Å². The molecule has 0 unspecified atom stereocenters. The molecule has 3 N–H and O–H groups in total. The van der Waals surface area contributed by atoms with Crippen LogP contribution in [0.15, 0.2) is 77.7 Å². The van der Waals surface area contributed by atoms with Crippen molar-refractivity contribution in [2.45, 2.75) is 30.2 Å². The Kier molecular flexibility index (Phi) is 6.95. The number of hydrogen-bond acceptors (Lipinski definition) is 5. The van der Waals surface area contributed by atoms with Crippen molar-refractivity contribution in [1.82, 2.24) is 4.72 Å². The predicted octanol–water partition coefficient (Wildman–Crippen LogP) is 3.11. The van der Waals surface area contributed by atoms with Gasteiger partial charge in [0.25, 0.3) is 0 Å². The maximum atomic E-state index is 13.2. The van der Waals surface area contributed by atoms with Crippen LogP contribution in [0.25, 0.3) is 0 Å². The third kappa shape index (κ3) is 5.62. The average Bonchev–Trinajstić information content (AvgIpc) is 2.84. The summed E-state index contributed by atoms with van der Waals surface area (Å²) in [5.74, 6) is -0.0246. The number of hydrogen-bond donors (Lipinski definition) is 3. The molecule has 34 heavy (non-hydrogen) atoms. The van der Waals surface area contributed by atoms with Crippen LogP contribution in [0.3, 0.4) is 0 Å². The van der Waals surface area contributed by atoms with E-state index in [0.717, 1.165) is 11.1 Å². The number of sulfonamides is 1. The molecule has 0 aromatic heterocycles. The molecule has 4 rings (SSSR count). The molecule has 3 aromatic rings. The van der Waals surface area contributed by atoms with Gasteiger partial charge in [-0.1, -0.05) is 36.4 Å². The van der Waals surface area contributed by atoms with E-state index in [1.54, 1.807) is 30.3 Å². The number of carbonyl (C=O) groups is 2. The summed E-state index contributed by atoms with van der Waals surface area (Å²) in [7, 11) is -2.50. The van der Waals surface area contributed by atoms with Gasteiger partial charge in [-0.25, -0.2) is 8.42 Å². The largest absolute Gasteiger partial charge is 0.497 e. The zero-order valence-electron chi connectivity index (χ0n) is 18.6. The number of fused-ring (bicyclic) bond motifs is 1. The van der Waals surface area contributed by atoms with Crippen molar-refractivity contribution in [2.24, 2.45) is 0 Å². The number of aryl methyl sites for hydroxylation is 1. The van der Waals surface area contributed by atoms with E-state index in [-0.39, 0.29) is 17.2 Å². The van der Waals surface area contributed by atoms with Crippen LogP contribution < -0.4 is 20.1 Å². The summed E-state index contributed by atoms with van der Waals surface area (Å²) >= 11 is 0. The van der Waals surface area contributed by atoms with Gasteiger partial charge in [0.1, 0.15) is 11.8 Å². The maximum Gasteiger partial charge on any atom is 0.242 e. The number of carbonyl (C=O) groups excluding carboxylic acids is 2. The molecule has 0 spiro atoms. The molecular formula is C25H25N3O5S. The molecule has 1 aliphatic rings. The Labute approximate surface area is 198 Å². The van der Waals surface area contributed by atoms with Gasteiger partial charge in [0.15, 0.2) is 0 Å². The van der Waals surface area contributed by atoms with Crippen LogP contribution in [0.2, 0.25) is 0 Å². The Morgan fingerprint density at radius 2 is 1.82 bits per heavy atom. The Morgan fingerprint density at radius 3 is 2.59 bits per heavy atom. The number of anilines is 2. The Morgan fingerprint density at radius 1 is 1.03 bits per heavy atom. The van der Waals surface area contributed by atoms with Crippen LogP contribution >= 0.6 is 0 Å². The van der Waals surface area contributed by atoms with E-state index in [2.05, 4.69) is 15.4 Å². The molecule has 0 fully saturated rings. The molecule has 0 bridgehead atoms. The van der Waals surface area contributed by atoms with Crippen LogP contribution in [-0.2, 0) is 32.5 Å². The fraction of sp³-hybridized carbons (Fsp3) is 0.200. The minimum atomic E-state index is -4.02. The van der Waals surface area contributed by atoms with Crippen molar-refractivity contribution >= 4 is 33.2 Å². The quantitative estimate of drug-likeness (QED) is 0.459. The summed E-state index contributed by atoms with van der Waals surface area (Å²) < 4.78 is 34.2. The Hall–Kier alpha value is -3.69. The zero-order chi connectivity index (χ0) is 24.1. The smallest absolute Gasteiger partial charge is 0.242 e. The van der Waals surface area contributed by atoms with Gasteiger partial charge in [-0.3, -0.25) is 9.59 Å². The van der Waals surface area contributed by atoms with Gasteiger partial charge in [0, 0.05) is 23.9 Å². The fourth-order valence-electron chi connectivity index (χ4n) is 3.75. The minimum absolute atomic E-state index is 0.0367. The van der Waals surface area contributed by atoms with Gasteiger partial charge in [-0.2, -0.15) is 4.72 Å². The number of ether oxygens (including phenoxy) is 1. The Bertz CT molecular complexity index is 1310. The number of nitrogens with one attached hydrogen (secondary N) is 3. The second-order valence-electron chi connectivity index (χ2n) is 7.95. The molecule has 2 amide bonds. The minimum Gasteiger partial charge on any atom is -0.497 e. The van der Waals surface area contributed by atoms with Gasteiger partial charge < -0.3 is 15.4 Å². The van der Waals surface area contributed by atoms with E-state index in [1.807, 2.05) is 30.3 Å². The highest BCUT2D eigenvalue weighted by atomic mass is 32.2. The van der Waals surface area contributed by atoms with E-state index in [1.165, 1.54) is 19.2 Å². The van der Waals surface area contributed by atoms with Crippen molar-refractivity contribution in [3.05, 3.63) is 83.9 Å². The van der Waals surface area contributed by atoms with Crippen molar-refractivity contribution < 1.29 is 22.7 Å². The summed E-state index contributed by atoms with van der Waals surface area (Å²) in [6.45, 7) is 0. The monoisotopic (exact) mass is 479 g/mol. The molecule has 1 heterocycles. The summed E-state index contributed by atoms with van der Waals surface area (Å²) in [6.07, 6.45) is 0.911. The first-order valence-corrected chi connectivity index (χ1v) is 12.3. The molecule has 0 saturated heterocycles. The van der Waals surface area contributed by atoms with E-state index in [9.17, 15) is 18.0 Å². The molecular weight excluding hydrogens is 454 g/mol. The first-order valence-electron chi connectivity index (χ1n) is 10.8. The second-order valence-corrected chi connectivity index (χ2v) is 9.67. The lowest BCUT2D eigenvalue weighted by molar-refractivity contribution is -0.118. The molecule has 1 aliphatic heterocycles. The van der Waals surface area contributed by atoms with E-state index in [4.69, 9.17) is 4.74 Å². The van der Waals surface area contributed by atoms with Crippen molar-refractivity contribution in [2.75, 3.05) is 17.7 Å². The summed E-state index contributed by atoms with van der Waals surface area (Å²) in [5, 5.41) is 5.51. The third-order valence-corrected chi connectivity index (χ3v) is 6.99. The first kappa shape index (κ1) is 23.5. The lowest BCUT2D eigenvalue weighted by Gasteiger charge is -2.21. The highest BCUT2D eigenvalue weighted by Crippen LogP contribution is 2.26. The number of benzene rings is 3. The summed E-state index contributed by atoms with van der Waals surface area (Å²) in [4.78, 5) is 24.8. The first-order chi connectivity index (χ1) is 16.3. The molecule has 176 valence electrons. The number of amides is 2. The SMILES string of the molecule is COc1cccc(NC(=O)[C@@H](Cc2ccccc2)NS(=O)(=O)c2ccc3c(c2)CCC(=O)N3)c1. The molecule has 3 aromatic carbocycles. The molecule has 0 aliphatic carbocycles. The lowest BCUT2D eigenvalue weighted by Crippen LogP contribution is -2.45. The lowest BCUT2D eigenvalue weighted by atomic mass is 10.0. The highest BCUT2D eigenvalue weighted by molar-refractivity contribution is 7.89. The normalized spacial score (nSPS) is 14.0. The standard InChI is InChI=1S/C25H25N3O5S/c1-33-20-9-5-8-19(16-20)26-25(30)23(14-17-6-3-2-4-7-17)28-34(31,32)21-11-12-22-18(15-21)10-13-24(29)27-22/h2-9,11-12,15-16,23,28H,10,13-14H2,1H3,(H,26,30)(H,27,29)/t23-/m1/s1. The van der Waals surface area contributed by atoms with Crippen LogP contribution in [0.4, 0.5) is 11.4 Å². The summed E-state index contributed by atoms with van der Waals surface area (Å²) in [6, 6.07) is 19.5.